The normalized spacial score (nSPS) is 14.3. The summed E-state index contributed by atoms with van der Waals surface area (Å²) in [7, 11) is 0. The Kier molecular flexibility index (Phi) is 6.87. The van der Waals surface area contributed by atoms with E-state index >= 15 is 0 Å². The molecule has 0 radical (unpaired) electrons. The van der Waals surface area contributed by atoms with E-state index in [2.05, 4.69) is 5.32 Å². The third kappa shape index (κ3) is 4.53. The maximum absolute atomic E-state index is 12.7. The highest BCUT2D eigenvalue weighted by Crippen LogP contribution is 2.44. The number of esters is 1. The second kappa shape index (κ2) is 9.57. The van der Waals surface area contributed by atoms with Gasteiger partial charge in [-0.3, -0.25) is 14.4 Å². The van der Waals surface area contributed by atoms with Crippen LogP contribution in [-0.4, -0.2) is 42.4 Å². The predicted molar refractivity (Wildman–Crippen MR) is 115 cm³/mol. The molecule has 3 rings (SSSR count). The first-order chi connectivity index (χ1) is 14.5. The zero-order valence-electron chi connectivity index (χ0n) is 17.5. The molecule has 0 heterocycles. The summed E-state index contributed by atoms with van der Waals surface area (Å²) in [6.45, 7) is 4.81. The number of rotatable bonds is 8. The molecule has 2 aromatic carbocycles. The van der Waals surface area contributed by atoms with Crippen LogP contribution in [0.5, 0.6) is 0 Å². The molecule has 1 aliphatic rings. The van der Waals surface area contributed by atoms with Gasteiger partial charge in [-0.1, -0.05) is 36.8 Å². The lowest BCUT2D eigenvalue weighted by atomic mass is 9.64. The van der Waals surface area contributed by atoms with Gasteiger partial charge in [0.05, 0.1) is 5.41 Å². The third-order valence-electron chi connectivity index (χ3n) is 5.72. The number of anilines is 1. The van der Waals surface area contributed by atoms with Gasteiger partial charge in [0.1, 0.15) is 0 Å². The number of hydrogen-bond acceptors (Lipinski definition) is 4. The number of hydrogen-bond donors (Lipinski definition) is 1. The van der Waals surface area contributed by atoms with E-state index < -0.39 is 11.3 Å². The van der Waals surface area contributed by atoms with Crippen molar-refractivity contribution in [3.05, 3.63) is 65.7 Å². The minimum atomic E-state index is -0.631. The van der Waals surface area contributed by atoms with Crippen molar-refractivity contribution >= 4 is 23.5 Å². The van der Waals surface area contributed by atoms with Gasteiger partial charge in [-0.25, -0.2) is 0 Å². The van der Waals surface area contributed by atoms with Crippen LogP contribution in [0.3, 0.4) is 0 Å². The van der Waals surface area contributed by atoms with Crippen LogP contribution in [-0.2, 0) is 19.7 Å². The van der Waals surface area contributed by atoms with Gasteiger partial charge in [-0.15, -0.1) is 0 Å². The molecule has 0 bridgehead atoms. The van der Waals surface area contributed by atoms with E-state index in [-0.39, 0.29) is 18.5 Å². The first kappa shape index (κ1) is 21.6. The second-order valence-electron chi connectivity index (χ2n) is 7.48. The van der Waals surface area contributed by atoms with Crippen LogP contribution < -0.4 is 5.32 Å². The van der Waals surface area contributed by atoms with Crippen molar-refractivity contribution < 1.29 is 19.1 Å². The molecule has 1 fully saturated rings. The summed E-state index contributed by atoms with van der Waals surface area (Å²) < 4.78 is 5.35. The van der Waals surface area contributed by atoms with Crippen LogP contribution in [0.2, 0.25) is 0 Å². The Morgan fingerprint density at radius 2 is 1.60 bits per heavy atom. The van der Waals surface area contributed by atoms with E-state index in [9.17, 15) is 14.4 Å². The fraction of sp³-hybridized carbons (Fsp3) is 0.375. The van der Waals surface area contributed by atoms with E-state index in [1.54, 1.807) is 29.2 Å². The maximum atomic E-state index is 12.7. The van der Waals surface area contributed by atoms with Crippen molar-refractivity contribution in [3.63, 3.8) is 0 Å². The number of ether oxygens (including phenoxy) is 1. The van der Waals surface area contributed by atoms with Crippen molar-refractivity contribution in [2.24, 2.45) is 0 Å². The highest BCUT2D eigenvalue weighted by atomic mass is 16.5. The van der Waals surface area contributed by atoms with Gasteiger partial charge in [0, 0.05) is 24.3 Å². The number of nitrogens with zero attached hydrogens (tertiary/aromatic N) is 1. The number of carbonyl (C=O) groups is 3. The SMILES string of the molecule is CCN(CC)C(=O)c1ccc(NC(=O)COC(=O)C2(c3ccccc3)CCC2)cc1. The van der Waals surface area contributed by atoms with E-state index in [0.717, 1.165) is 24.8 Å². The van der Waals surface area contributed by atoms with Crippen LogP contribution >= 0.6 is 0 Å². The molecule has 2 aromatic rings. The van der Waals surface area contributed by atoms with Gasteiger partial charge in [0.15, 0.2) is 6.61 Å². The van der Waals surface area contributed by atoms with Crippen LogP contribution in [0.15, 0.2) is 54.6 Å². The molecule has 0 saturated heterocycles. The average molecular weight is 408 g/mol. The van der Waals surface area contributed by atoms with Crippen molar-refractivity contribution in [3.8, 4) is 0 Å². The first-order valence-corrected chi connectivity index (χ1v) is 10.4. The van der Waals surface area contributed by atoms with E-state index in [1.165, 1.54) is 0 Å². The maximum Gasteiger partial charge on any atom is 0.317 e. The van der Waals surface area contributed by atoms with Gasteiger partial charge in [0.2, 0.25) is 0 Å². The molecule has 0 aliphatic heterocycles. The van der Waals surface area contributed by atoms with Gasteiger partial charge in [0.25, 0.3) is 11.8 Å². The summed E-state index contributed by atoms with van der Waals surface area (Å²) in [5.41, 5.74) is 1.43. The summed E-state index contributed by atoms with van der Waals surface area (Å²) in [5.74, 6) is -0.803. The average Bonchev–Trinajstić information content (AvgIpc) is 2.73. The minimum Gasteiger partial charge on any atom is -0.455 e. The Hall–Kier alpha value is -3.15. The summed E-state index contributed by atoms with van der Waals surface area (Å²) in [4.78, 5) is 39.0. The van der Waals surface area contributed by atoms with Crippen molar-refractivity contribution in [2.75, 3.05) is 25.0 Å². The van der Waals surface area contributed by atoms with Crippen molar-refractivity contribution in [1.29, 1.82) is 0 Å². The lowest BCUT2D eigenvalue weighted by Gasteiger charge is -2.39. The molecular weight excluding hydrogens is 380 g/mol. The summed E-state index contributed by atoms with van der Waals surface area (Å²) >= 11 is 0. The predicted octanol–water partition coefficient (Wildman–Crippen LogP) is 3.77. The van der Waals surface area contributed by atoms with E-state index in [0.29, 0.717) is 24.3 Å². The molecule has 0 aromatic heterocycles. The first-order valence-electron chi connectivity index (χ1n) is 10.4. The third-order valence-corrected chi connectivity index (χ3v) is 5.72. The molecule has 6 heteroatoms. The lowest BCUT2D eigenvalue weighted by molar-refractivity contribution is -0.156. The number of amides is 2. The number of nitrogens with one attached hydrogen (secondary N) is 1. The Labute approximate surface area is 177 Å². The van der Waals surface area contributed by atoms with E-state index in [4.69, 9.17) is 4.74 Å². The van der Waals surface area contributed by atoms with Crippen LogP contribution in [0.4, 0.5) is 5.69 Å². The summed E-state index contributed by atoms with van der Waals surface area (Å²) in [6, 6.07) is 16.3. The minimum absolute atomic E-state index is 0.0430. The fourth-order valence-electron chi connectivity index (χ4n) is 3.75. The quantitative estimate of drug-likeness (QED) is 0.675. The zero-order chi connectivity index (χ0) is 21.6. The molecular formula is C24H28N2O4. The standard InChI is InChI=1S/C24H28N2O4/c1-3-26(4-2)22(28)18-11-13-20(14-12-18)25-21(27)17-30-23(29)24(15-8-16-24)19-9-6-5-7-10-19/h5-7,9-14H,3-4,8,15-17H2,1-2H3,(H,25,27). The molecule has 1 N–H and O–H groups in total. The Balaban J connectivity index is 1.55. The Morgan fingerprint density at radius 3 is 2.13 bits per heavy atom. The molecule has 30 heavy (non-hydrogen) atoms. The van der Waals surface area contributed by atoms with Gasteiger partial charge in [-0.05, 0) is 56.5 Å². The summed E-state index contributed by atoms with van der Waals surface area (Å²) in [5, 5.41) is 2.71. The second-order valence-corrected chi connectivity index (χ2v) is 7.48. The molecule has 0 unspecified atom stereocenters. The zero-order valence-corrected chi connectivity index (χ0v) is 17.5. The van der Waals surface area contributed by atoms with Crippen LogP contribution in [0.1, 0.15) is 49.0 Å². The molecule has 1 aliphatic carbocycles. The van der Waals surface area contributed by atoms with Crippen molar-refractivity contribution in [2.45, 2.75) is 38.5 Å². The number of benzene rings is 2. The largest absolute Gasteiger partial charge is 0.455 e. The smallest absolute Gasteiger partial charge is 0.317 e. The summed E-state index contributed by atoms with van der Waals surface area (Å²) in [6.07, 6.45) is 2.44. The Morgan fingerprint density at radius 1 is 0.967 bits per heavy atom. The molecule has 158 valence electrons. The lowest BCUT2D eigenvalue weighted by Crippen LogP contribution is -2.44. The van der Waals surface area contributed by atoms with Crippen LogP contribution in [0.25, 0.3) is 0 Å². The topological polar surface area (TPSA) is 75.7 Å². The fourth-order valence-corrected chi connectivity index (χ4v) is 3.75. The molecule has 6 nitrogen and oxygen atoms in total. The molecule has 1 saturated carbocycles. The molecule has 2 amide bonds. The van der Waals surface area contributed by atoms with Gasteiger partial charge >= 0.3 is 5.97 Å². The highest BCUT2D eigenvalue weighted by molar-refractivity contribution is 5.96. The number of carbonyl (C=O) groups excluding carboxylic acids is 3. The van der Waals surface area contributed by atoms with Crippen LogP contribution in [0, 0.1) is 0 Å². The molecule has 0 atom stereocenters. The Bertz CT molecular complexity index is 885. The monoisotopic (exact) mass is 408 g/mol. The highest BCUT2D eigenvalue weighted by Gasteiger charge is 2.47. The van der Waals surface area contributed by atoms with Crippen molar-refractivity contribution in [1.82, 2.24) is 4.90 Å². The van der Waals surface area contributed by atoms with Gasteiger partial charge < -0.3 is 15.0 Å². The van der Waals surface area contributed by atoms with Gasteiger partial charge in [-0.2, -0.15) is 0 Å². The van der Waals surface area contributed by atoms with E-state index in [1.807, 2.05) is 44.2 Å². The molecule has 0 spiro atoms.